The molecule has 2 aromatic heterocycles. The van der Waals surface area contributed by atoms with E-state index in [1.54, 1.807) is 24.4 Å². The average molecular weight is 472 g/mol. The van der Waals surface area contributed by atoms with Crippen LogP contribution in [0.5, 0.6) is 0 Å². The maximum Gasteiger partial charge on any atom is 0.282 e. The summed E-state index contributed by atoms with van der Waals surface area (Å²) in [5, 5.41) is 4.62. The summed E-state index contributed by atoms with van der Waals surface area (Å²) in [7, 11) is 0. The van der Waals surface area contributed by atoms with Crippen LogP contribution >= 0.6 is 57.1 Å². The van der Waals surface area contributed by atoms with Gasteiger partial charge in [-0.25, -0.2) is 18.4 Å². The molecule has 0 aliphatic heterocycles. The average Bonchev–Trinajstić information content (AvgIpc) is 3.05. The van der Waals surface area contributed by atoms with Gasteiger partial charge >= 0.3 is 0 Å². The lowest BCUT2D eigenvalue weighted by atomic mass is 10.3. The topological polar surface area (TPSA) is 30.7 Å². The maximum absolute atomic E-state index is 13.0. The molecule has 0 atom stereocenters. The number of aromatic nitrogens is 3. The number of hydrogen-bond donors (Lipinski definition) is 0. The second-order valence-corrected chi connectivity index (χ2v) is 7.81. The van der Waals surface area contributed by atoms with Crippen LogP contribution in [-0.4, -0.2) is 14.8 Å². The second-order valence-electron chi connectivity index (χ2n) is 4.21. The predicted molar refractivity (Wildman–Crippen MR) is 92.4 cm³/mol. The number of hydrogen-bond acceptors (Lipinski definition) is 3. The fraction of sp³-hybridized carbons (Fsp3) is 0.0769. The molecule has 0 aliphatic rings. The zero-order valence-electron chi connectivity index (χ0n) is 10.6. The highest BCUT2D eigenvalue weighted by Gasteiger charge is 2.21. The normalized spacial score (nSPS) is 11.4. The summed E-state index contributed by atoms with van der Waals surface area (Å²) < 4.78 is 28.2. The van der Waals surface area contributed by atoms with Crippen LogP contribution < -0.4 is 0 Å². The molecule has 3 nitrogen and oxygen atoms in total. The highest BCUT2D eigenvalue weighted by Crippen LogP contribution is 2.36. The van der Waals surface area contributed by atoms with Crippen molar-refractivity contribution in [1.82, 2.24) is 14.8 Å². The van der Waals surface area contributed by atoms with E-state index in [0.29, 0.717) is 26.3 Å². The molecule has 0 unspecified atom stereocenters. The van der Waals surface area contributed by atoms with Crippen molar-refractivity contribution >= 4 is 57.1 Å². The zero-order valence-corrected chi connectivity index (χ0v) is 15.1. The van der Waals surface area contributed by atoms with E-state index in [2.05, 4.69) is 32.7 Å². The minimum atomic E-state index is -2.69. The number of benzene rings is 1. The van der Waals surface area contributed by atoms with Crippen LogP contribution in [-0.2, 0) is 0 Å². The van der Waals surface area contributed by atoms with Crippen molar-refractivity contribution in [2.45, 2.75) is 6.43 Å². The Labute approximate surface area is 152 Å². The number of halogens is 5. The van der Waals surface area contributed by atoms with Crippen LogP contribution in [0.25, 0.3) is 16.3 Å². The molecular formula is C13H6Cl2F2IN3S. The van der Waals surface area contributed by atoms with Gasteiger partial charge in [0.2, 0.25) is 0 Å². The van der Waals surface area contributed by atoms with Gasteiger partial charge in [0.05, 0.1) is 20.6 Å². The smallest absolute Gasteiger partial charge is 0.238 e. The van der Waals surface area contributed by atoms with Crippen LogP contribution in [0.3, 0.4) is 0 Å². The van der Waals surface area contributed by atoms with Gasteiger partial charge in [-0.1, -0.05) is 29.3 Å². The molecule has 0 N–H and O–H groups in total. The van der Waals surface area contributed by atoms with Crippen molar-refractivity contribution in [3.63, 3.8) is 0 Å². The monoisotopic (exact) mass is 471 g/mol. The molecule has 1 aromatic carbocycles. The lowest BCUT2D eigenvalue weighted by molar-refractivity contribution is 0.145. The highest BCUT2D eigenvalue weighted by molar-refractivity contribution is 14.1. The quantitative estimate of drug-likeness (QED) is 0.449. The van der Waals surface area contributed by atoms with Gasteiger partial charge in [-0.2, -0.15) is 5.10 Å². The van der Waals surface area contributed by atoms with E-state index in [9.17, 15) is 8.78 Å². The van der Waals surface area contributed by atoms with Gasteiger partial charge in [-0.05, 0) is 40.8 Å². The van der Waals surface area contributed by atoms with Crippen LogP contribution in [0, 0.1) is 3.01 Å². The number of thiazole rings is 1. The Kier molecular flexibility index (Phi) is 4.67. The summed E-state index contributed by atoms with van der Waals surface area (Å²) in [5.74, 6) is 0. The Hall–Kier alpha value is -0.770. The first kappa shape index (κ1) is 16.1. The molecule has 3 aromatic rings. The molecule has 0 bridgehead atoms. The molecule has 3 rings (SSSR count). The van der Waals surface area contributed by atoms with Crippen LogP contribution in [0.2, 0.25) is 10.0 Å². The molecule has 0 radical (unpaired) electrons. The van der Waals surface area contributed by atoms with Gasteiger partial charge in [0.25, 0.3) is 6.43 Å². The molecule has 0 amide bonds. The third-order valence-corrected chi connectivity index (χ3v) is 5.19. The number of para-hydroxylation sites is 1. The largest absolute Gasteiger partial charge is 0.282 e. The summed E-state index contributed by atoms with van der Waals surface area (Å²) in [6, 6.07) is 6.27. The Morgan fingerprint density at radius 3 is 2.45 bits per heavy atom. The summed E-state index contributed by atoms with van der Waals surface area (Å²) >= 11 is 15.8. The standard InChI is InChI=1S/C13H6Cl2F2IN3S/c14-6-2-1-3-7(15)11(6)21-9(4-8(20-21)12(16)17)10-5-19-13(18)22-10/h1-5,12H. The molecule has 0 aliphatic carbocycles. The minimum absolute atomic E-state index is 0.330. The van der Waals surface area contributed by atoms with Gasteiger partial charge in [-0.3, -0.25) is 0 Å². The Morgan fingerprint density at radius 1 is 1.23 bits per heavy atom. The molecule has 2 heterocycles. The van der Waals surface area contributed by atoms with Gasteiger partial charge in [0, 0.05) is 6.20 Å². The van der Waals surface area contributed by atoms with E-state index in [1.165, 1.54) is 22.1 Å². The molecule has 0 fully saturated rings. The summed E-state index contributed by atoms with van der Waals surface area (Å²) in [4.78, 5) is 4.85. The van der Waals surface area contributed by atoms with Gasteiger partial charge in [0.1, 0.15) is 11.4 Å². The van der Waals surface area contributed by atoms with E-state index in [0.717, 1.165) is 3.01 Å². The van der Waals surface area contributed by atoms with Crippen molar-refractivity contribution in [3.05, 3.63) is 49.2 Å². The minimum Gasteiger partial charge on any atom is -0.238 e. The molecule has 22 heavy (non-hydrogen) atoms. The van der Waals surface area contributed by atoms with E-state index in [4.69, 9.17) is 23.2 Å². The molecule has 114 valence electrons. The van der Waals surface area contributed by atoms with Gasteiger partial charge in [0.15, 0.2) is 3.01 Å². The van der Waals surface area contributed by atoms with Crippen molar-refractivity contribution in [2.75, 3.05) is 0 Å². The van der Waals surface area contributed by atoms with Crippen molar-refractivity contribution in [3.8, 4) is 16.3 Å². The van der Waals surface area contributed by atoms with Crippen LogP contribution in [0.15, 0.2) is 30.5 Å². The Bertz CT molecular complexity index is 814. The SMILES string of the molecule is FC(F)c1cc(-c2cnc(I)s2)n(-c2c(Cl)cccc2Cl)n1. The first-order chi connectivity index (χ1) is 10.5. The van der Waals surface area contributed by atoms with Gasteiger partial charge < -0.3 is 0 Å². The number of rotatable bonds is 3. The van der Waals surface area contributed by atoms with E-state index < -0.39 is 6.43 Å². The summed E-state index contributed by atoms with van der Waals surface area (Å²) in [5.41, 5.74) is 0.510. The van der Waals surface area contributed by atoms with Crippen molar-refractivity contribution in [1.29, 1.82) is 0 Å². The van der Waals surface area contributed by atoms with E-state index >= 15 is 0 Å². The van der Waals surface area contributed by atoms with E-state index in [1.807, 2.05) is 0 Å². The first-order valence-corrected chi connectivity index (χ1v) is 8.56. The zero-order chi connectivity index (χ0) is 15.9. The third-order valence-electron chi connectivity index (χ3n) is 2.83. The lowest BCUT2D eigenvalue weighted by Gasteiger charge is -2.09. The fourth-order valence-electron chi connectivity index (χ4n) is 1.91. The first-order valence-electron chi connectivity index (χ1n) is 5.91. The highest BCUT2D eigenvalue weighted by atomic mass is 127. The van der Waals surface area contributed by atoms with Crippen molar-refractivity contribution in [2.24, 2.45) is 0 Å². The Balaban J connectivity index is 2.26. The number of nitrogens with zero attached hydrogens (tertiary/aromatic N) is 3. The molecule has 0 saturated heterocycles. The van der Waals surface area contributed by atoms with Crippen LogP contribution in [0.1, 0.15) is 12.1 Å². The van der Waals surface area contributed by atoms with Crippen LogP contribution in [0.4, 0.5) is 8.78 Å². The molecule has 0 spiro atoms. The maximum atomic E-state index is 13.0. The van der Waals surface area contributed by atoms with Gasteiger partial charge in [-0.15, -0.1) is 11.3 Å². The molecule has 9 heteroatoms. The molecular weight excluding hydrogens is 466 g/mol. The fourth-order valence-corrected chi connectivity index (χ4v) is 3.97. The second kappa shape index (κ2) is 6.38. The predicted octanol–water partition coefficient (Wildman–Crippen LogP) is 5.84. The lowest BCUT2D eigenvalue weighted by Crippen LogP contribution is -2.01. The Morgan fingerprint density at radius 2 is 1.91 bits per heavy atom. The van der Waals surface area contributed by atoms with Crippen molar-refractivity contribution < 1.29 is 8.78 Å². The summed E-state index contributed by atoms with van der Waals surface area (Å²) in [6.07, 6.45) is -1.08. The third kappa shape index (κ3) is 2.99. The van der Waals surface area contributed by atoms with E-state index in [-0.39, 0.29) is 5.69 Å². The number of alkyl halides is 2. The molecule has 0 saturated carbocycles. The summed E-state index contributed by atoms with van der Waals surface area (Å²) in [6.45, 7) is 0.